The predicted molar refractivity (Wildman–Crippen MR) is 101 cm³/mol. The molecule has 6 rings (SSSR count). The van der Waals surface area contributed by atoms with Crippen molar-refractivity contribution in [3.63, 3.8) is 0 Å². The zero-order chi connectivity index (χ0) is 17.5. The summed E-state index contributed by atoms with van der Waals surface area (Å²) in [6.07, 6.45) is 7.79. The number of benzene rings is 1. The molecule has 0 radical (unpaired) electrons. The monoisotopic (exact) mass is 352 g/mol. The molecule has 26 heavy (non-hydrogen) atoms. The second kappa shape index (κ2) is 6.71. The lowest BCUT2D eigenvalue weighted by Crippen LogP contribution is -2.60. The highest BCUT2D eigenvalue weighted by atomic mass is 16.5. The maximum Gasteiger partial charge on any atom is 0.122 e. The summed E-state index contributed by atoms with van der Waals surface area (Å²) in [5.74, 6) is 2.45. The van der Waals surface area contributed by atoms with E-state index in [1.165, 1.54) is 37.1 Å². The second-order valence-corrected chi connectivity index (χ2v) is 8.05. The largest absolute Gasteiger partial charge is 0.496 e. The molecule has 4 aliphatic heterocycles. The Labute approximate surface area is 155 Å². The van der Waals surface area contributed by atoms with Crippen LogP contribution in [-0.2, 0) is 6.42 Å². The van der Waals surface area contributed by atoms with Crippen LogP contribution >= 0.6 is 0 Å². The van der Waals surface area contributed by atoms with Gasteiger partial charge in [-0.05, 0) is 49.9 Å². The van der Waals surface area contributed by atoms with Gasteiger partial charge >= 0.3 is 0 Å². The molecule has 4 fully saturated rings. The summed E-state index contributed by atoms with van der Waals surface area (Å²) in [4.78, 5) is 5.53. The first-order chi connectivity index (χ1) is 12.8. The number of nitrogens with zero attached hydrogens (tertiary/aromatic N) is 3. The van der Waals surface area contributed by atoms with Crippen LogP contribution in [0.2, 0.25) is 0 Å². The van der Waals surface area contributed by atoms with Gasteiger partial charge in [0.2, 0.25) is 0 Å². The number of fused-ring (bicyclic) bond motifs is 2. The molecule has 4 saturated heterocycles. The fourth-order valence-corrected chi connectivity index (χ4v) is 5.73. The first-order valence-corrected chi connectivity index (χ1v) is 9.94. The van der Waals surface area contributed by atoms with Crippen molar-refractivity contribution in [3.8, 4) is 5.75 Å². The van der Waals surface area contributed by atoms with Gasteiger partial charge in [-0.2, -0.15) is 5.10 Å². The highest BCUT2D eigenvalue weighted by molar-refractivity contribution is 5.39. The normalized spacial score (nSPS) is 33.3. The molecule has 5 nitrogen and oxygen atoms in total. The SMILES string of the molecule is COc1ccccc1[C@H]1CN(CCc2cn[nH]c2)[C@@H]2C3CCN(CC3)[C@H]12. The van der Waals surface area contributed by atoms with E-state index in [1.807, 2.05) is 12.4 Å². The van der Waals surface area contributed by atoms with Gasteiger partial charge in [0.15, 0.2) is 0 Å². The summed E-state index contributed by atoms with van der Waals surface area (Å²) in [5, 5.41) is 7.05. The molecule has 138 valence electrons. The van der Waals surface area contributed by atoms with E-state index < -0.39 is 0 Å². The number of nitrogens with one attached hydrogen (secondary N) is 1. The Kier molecular flexibility index (Phi) is 4.21. The fourth-order valence-electron chi connectivity index (χ4n) is 5.73. The first-order valence-electron chi connectivity index (χ1n) is 9.94. The van der Waals surface area contributed by atoms with Gasteiger partial charge in [0, 0.05) is 42.9 Å². The van der Waals surface area contributed by atoms with Crippen molar-refractivity contribution < 1.29 is 4.74 Å². The maximum absolute atomic E-state index is 5.72. The van der Waals surface area contributed by atoms with Gasteiger partial charge in [0.25, 0.3) is 0 Å². The van der Waals surface area contributed by atoms with Gasteiger partial charge in [-0.25, -0.2) is 0 Å². The second-order valence-electron chi connectivity index (χ2n) is 8.05. The predicted octanol–water partition coefficient (Wildman–Crippen LogP) is 2.52. The van der Waals surface area contributed by atoms with E-state index in [4.69, 9.17) is 4.74 Å². The molecule has 0 spiro atoms. The number of ether oxygens (including phenoxy) is 1. The smallest absolute Gasteiger partial charge is 0.122 e. The topological polar surface area (TPSA) is 44.4 Å². The van der Waals surface area contributed by atoms with Crippen molar-refractivity contribution in [1.82, 2.24) is 20.0 Å². The number of hydrogen-bond donors (Lipinski definition) is 1. The van der Waals surface area contributed by atoms with Crippen LogP contribution in [0.25, 0.3) is 0 Å². The molecule has 1 aromatic carbocycles. The Morgan fingerprint density at radius 1 is 1.19 bits per heavy atom. The third-order valence-electron chi connectivity index (χ3n) is 6.87. The Morgan fingerprint density at radius 3 is 2.81 bits per heavy atom. The molecule has 1 aromatic heterocycles. The molecule has 5 heteroatoms. The third-order valence-corrected chi connectivity index (χ3v) is 6.87. The number of likely N-dealkylation sites (tertiary alicyclic amines) is 1. The van der Waals surface area contributed by atoms with Crippen molar-refractivity contribution >= 4 is 0 Å². The van der Waals surface area contributed by atoms with Gasteiger partial charge in [-0.1, -0.05) is 18.2 Å². The van der Waals surface area contributed by atoms with Crippen molar-refractivity contribution in [1.29, 1.82) is 0 Å². The molecule has 4 aliphatic rings. The van der Waals surface area contributed by atoms with Crippen LogP contribution in [-0.4, -0.2) is 65.4 Å². The lowest BCUT2D eigenvalue weighted by atomic mass is 9.75. The standard InChI is InChI=1S/C21H28N4O/c1-26-19-5-3-2-4-17(19)18-14-25(9-6-15-12-22-23-13-15)20-16-7-10-24(11-8-16)21(18)20/h2-5,12-13,16,18,20-21H,6-11,14H2,1H3,(H,22,23)/t18-,20-,21-/m1/s1. The number of aromatic amines is 1. The Morgan fingerprint density at radius 2 is 2.04 bits per heavy atom. The Bertz CT molecular complexity index is 738. The zero-order valence-electron chi connectivity index (χ0n) is 15.5. The highest BCUT2D eigenvalue weighted by Crippen LogP contribution is 2.47. The molecule has 2 bridgehead atoms. The van der Waals surface area contributed by atoms with Crippen LogP contribution in [0, 0.1) is 5.92 Å². The summed E-state index contributed by atoms with van der Waals surface area (Å²) in [6, 6.07) is 9.98. The average Bonchev–Trinajstić information content (AvgIpc) is 3.36. The number of piperidine rings is 3. The maximum atomic E-state index is 5.72. The van der Waals surface area contributed by atoms with Gasteiger partial charge in [0.05, 0.1) is 13.3 Å². The minimum Gasteiger partial charge on any atom is -0.496 e. The van der Waals surface area contributed by atoms with E-state index in [9.17, 15) is 0 Å². The van der Waals surface area contributed by atoms with Crippen LogP contribution in [0.4, 0.5) is 0 Å². The molecular weight excluding hydrogens is 324 g/mol. The molecular formula is C21H28N4O. The van der Waals surface area contributed by atoms with Crippen LogP contribution < -0.4 is 4.74 Å². The molecule has 0 saturated carbocycles. The molecule has 2 aromatic rings. The van der Waals surface area contributed by atoms with Gasteiger partial charge in [-0.15, -0.1) is 0 Å². The third kappa shape index (κ3) is 2.65. The van der Waals surface area contributed by atoms with E-state index in [2.05, 4.69) is 44.3 Å². The van der Waals surface area contributed by atoms with E-state index in [-0.39, 0.29) is 0 Å². The molecule has 5 heterocycles. The van der Waals surface area contributed by atoms with Gasteiger partial charge < -0.3 is 4.74 Å². The number of para-hydroxylation sites is 1. The van der Waals surface area contributed by atoms with Crippen molar-refractivity contribution in [2.24, 2.45) is 5.92 Å². The number of hydrogen-bond acceptors (Lipinski definition) is 4. The quantitative estimate of drug-likeness (QED) is 0.898. The van der Waals surface area contributed by atoms with Crippen LogP contribution in [0.1, 0.15) is 29.9 Å². The molecule has 0 amide bonds. The Hall–Kier alpha value is -1.85. The molecule has 0 aliphatic carbocycles. The van der Waals surface area contributed by atoms with Crippen molar-refractivity contribution in [2.75, 3.05) is 33.3 Å². The Balaban J connectivity index is 1.44. The summed E-state index contributed by atoms with van der Waals surface area (Å²) < 4.78 is 5.72. The first kappa shape index (κ1) is 16.3. The average molecular weight is 352 g/mol. The van der Waals surface area contributed by atoms with Crippen molar-refractivity contribution in [2.45, 2.75) is 37.3 Å². The summed E-state index contributed by atoms with van der Waals surface area (Å²) in [6.45, 7) is 4.80. The van der Waals surface area contributed by atoms with E-state index >= 15 is 0 Å². The summed E-state index contributed by atoms with van der Waals surface area (Å²) in [5.41, 5.74) is 2.70. The summed E-state index contributed by atoms with van der Waals surface area (Å²) in [7, 11) is 1.80. The van der Waals surface area contributed by atoms with Crippen LogP contribution in [0.3, 0.4) is 0 Å². The van der Waals surface area contributed by atoms with Crippen LogP contribution in [0.5, 0.6) is 5.75 Å². The van der Waals surface area contributed by atoms with Gasteiger partial charge in [-0.3, -0.25) is 14.9 Å². The van der Waals surface area contributed by atoms with Gasteiger partial charge in [0.1, 0.15) is 5.75 Å². The minimum atomic E-state index is 0.545. The zero-order valence-corrected chi connectivity index (χ0v) is 15.5. The molecule has 3 atom stereocenters. The number of rotatable bonds is 5. The van der Waals surface area contributed by atoms with E-state index in [1.54, 1.807) is 7.11 Å². The number of H-pyrrole nitrogens is 1. The number of methoxy groups -OCH3 is 1. The summed E-state index contributed by atoms with van der Waals surface area (Å²) >= 11 is 0. The fraction of sp³-hybridized carbons (Fsp3) is 0.571. The van der Waals surface area contributed by atoms with Crippen molar-refractivity contribution in [3.05, 3.63) is 47.8 Å². The minimum absolute atomic E-state index is 0.545. The molecule has 1 N–H and O–H groups in total. The lowest BCUT2D eigenvalue weighted by molar-refractivity contribution is -0.00627. The van der Waals surface area contributed by atoms with E-state index in [0.717, 1.165) is 31.2 Å². The van der Waals surface area contributed by atoms with E-state index in [0.29, 0.717) is 18.0 Å². The number of aromatic nitrogens is 2. The highest BCUT2D eigenvalue weighted by Gasteiger charge is 2.53. The van der Waals surface area contributed by atoms with Crippen LogP contribution in [0.15, 0.2) is 36.7 Å². The lowest BCUT2D eigenvalue weighted by Gasteiger charge is -2.51. The molecule has 0 unspecified atom stereocenters.